The molecule has 0 amide bonds. The summed E-state index contributed by atoms with van der Waals surface area (Å²) in [4.78, 5) is 10.5. The zero-order valence-electron chi connectivity index (χ0n) is 6.60. The van der Waals surface area contributed by atoms with Crippen LogP contribution in [-0.2, 0) is 11.2 Å². The minimum absolute atomic E-state index is 0.0821. The van der Waals surface area contributed by atoms with Gasteiger partial charge in [0.25, 0.3) is 0 Å². The lowest BCUT2D eigenvalue weighted by atomic mass is 10.1. The summed E-state index contributed by atoms with van der Waals surface area (Å²) in [6.07, 6.45) is 0.0821. The van der Waals surface area contributed by atoms with E-state index in [1.54, 1.807) is 19.1 Å². The summed E-state index contributed by atoms with van der Waals surface area (Å²) >= 11 is 5.14. The lowest BCUT2D eigenvalue weighted by Gasteiger charge is -1.99. The highest BCUT2D eigenvalue weighted by molar-refractivity contribution is 6.63. The Balaban J connectivity index is 2.89. The van der Waals surface area contributed by atoms with Crippen LogP contribution in [0.25, 0.3) is 0 Å². The van der Waals surface area contributed by atoms with Gasteiger partial charge in [0, 0.05) is 6.42 Å². The third-order valence-electron chi connectivity index (χ3n) is 1.58. The van der Waals surface area contributed by atoms with Crippen LogP contribution in [-0.4, -0.2) is 5.24 Å². The molecule has 1 aromatic rings. The van der Waals surface area contributed by atoms with Crippen molar-refractivity contribution in [2.24, 2.45) is 0 Å². The predicted octanol–water partition coefficient (Wildman–Crippen LogP) is 2.44. The van der Waals surface area contributed by atoms with Gasteiger partial charge in [0.1, 0.15) is 5.82 Å². The Labute approximate surface area is 75.2 Å². The van der Waals surface area contributed by atoms with Gasteiger partial charge in [0.2, 0.25) is 5.24 Å². The molecular weight excluding hydrogens is 179 g/mol. The summed E-state index contributed by atoms with van der Waals surface area (Å²) in [5, 5.41) is -0.474. The first kappa shape index (κ1) is 9.20. The maximum absolute atomic E-state index is 12.9. The highest BCUT2D eigenvalue weighted by atomic mass is 35.5. The fourth-order valence-corrected chi connectivity index (χ4v) is 1.06. The fourth-order valence-electron chi connectivity index (χ4n) is 0.907. The molecule has 12 heavy (non-hydrogen) atoms. The molecule has 0 spiro atoms. The standard InChI is InChI=1S/C9H8ClFO/c1-6-2-3-7(4-8(6)11)5-9(10)12/h2-4H,5H2,1H3. The molecule has 0 saturated heterocycles. The van der Waals surface area contributed by atoms with E-state index in [0.717, 1.165) is 0 Å². The SMILES string of the molecule is Cc1ccc(CC(=O)Cl)cc1F. The van der Waals surface area contributed by atoms with Gasteiger partial charge in [-0.25, -0.2) is 4.39 Å². The summed E-state index contributed by atoms with van der Waals surface area (Å²) in [5.41, 5.74) is 1.18. The van der Waals surface area contributed by atoms with Crippen molar-refractivity contribution in [2.75, 3.05) is 0 Å². The molecule has 64 valence electrons. The minimum atomic E-state index is -0.474. The zero-order valence-corrected chi connectivity index (χ0v) is 7.36. The number of hydrogen-bond donors (Lipinski definition) is 0. The van der Waals surface area contributed by atoms with Crippen molar-refractivity contribution in [1.82, 2.24) is 0 Å². The molecule has 1 rings (SSSR count). The quantitative estimate of drug-likeness (QED) is 0.649. The van der Waals surface area contributed by atoms with E-state index < -0.39 is 5.24 Å². The zero-order chi connectivity index (χ0) is 9.14. The summed E-state index contributed by atoms with van der Waals surface area (Å²) in [6, 6.07) is 4.65. The average Bonchev–Trinajstić information content (AvgIpc) is 1.96. The smallest absolute Gasteiger partial charge is 0.226 e. The Morgan fingerprint density at radius 1 is 1.58 bits per heavy atom. The average molecular weight is 187 g/mol. The largest absolute Gasteiger partial charge is 0.281 e. The van der Waals surface area contributed by atoms with Crippen molar-refractivity contribution in [1.29, 1.82) is 0 Å². The second-order valence-corrected chi connectivity index (χ2v) is 3.04. The van der Waals surface area contributed by atoms with E-state index in [1.807, 2.05) is 0 Å². The highest BCUT2D eigenvalue weighted by Crippen LogP contribution is 2.10. The third kappa shape index (κ3) is 2.31. The van der Waals surface area contributed by atoms with E-state index in [0.29, 0.717) is 11.1 Å². The van der Waals surface area contributed by atoms with Crippen LogP contribution in [0.4, 0.5) is 4.39 Å². The molecule has 3 heteroatoms. The van der Waals surface area contributed by atoms with E-state index in [1.165, 1.54) is 6.07 Å². The maximum Gasteiger partial charge on any atom is 0.226 e. The van der Waals surface area contributed by atoms with Crippen LogP contribution < -0.4 is 0 Å². The van der Waals surface area contributed by atoms with Crippen molar-refractivity contribution in [3.8, 4) is 0 Å². The van der Waals surface area contributed by atoms with Crippen LogP contribution in [0.15, 0.2) is 18.2 Å². The molecule has 0 N–H and O–H groups in total. The minimum Gasteiger partial charge on any atom is -0.281 e. The van der Waals surface area contributed by atoms with Gasteiger partial charge in [0.05, 0.1) is 0 Å². The van der Waals surface area contributed by atoms with Gasteiger partial charge in [-0.15, -0.1) is 0 Å². The van der Waals surface area contributed by atoms with Crippen LogP contribution in [0.2, 0.25) is 0 Å². The molecule has 1 aromatic carbocycles. The van der Waals surface area contributed by atoms with Gasteiger partial charge in [-0.2, -0.15) is 0 Å². The Morgan fingerprint density at radius 3 is 2.75 bits per heavy atom. The Morgan fingerprint density at radius 2 is 2.25 bits per heavy atom. The number of aryl methyl sites for hydroxylation is 1. The van der Waals surface area contributed by atoms with Crippen molar-refractivity contribution in [3.05, 3.63) is 35.1 Å². The molecule has 0 aliphatic heterocycles. The maximum atomic E-state index is 12.9. The number of hydrogen-bond acceptors (Lipinski definition) is 1. The number of carbonyl (C=O) groups excluding carboxylic acids is 1. The highest BCUT2D eigenvalue weighted by Gasteiger charge is 2.02. The van der Waals surface area contributed by atoms with E-state index in [9.17, 15) is 9.18 Å². The van der Waals surface area contributed by atoms with Crippen LogP contribution in [0.5, 0.6) is 0 Å². The van der Waals surface area contributed by atoms with Crippen molar-refractivity contribution < 1.29 is 9.18 Å². The second kappa shape index (κ2) is 3.68. The summed E-state index contributed by atoms with van der Waals surface area (Å²) in [5.74, 6) is -0.301. The molecule has 0 radical (unpaired) electrons. The topological polar surface area (TPSA) is 17.1 Å². The van der Waals surface area contributed by atoms with Gasteiger partial charge in [0.15, 0.2) is 0 Å². The van der Waals surface area contributed by atoms with E-state index in [2.05, 4.69) is 0 Å². The summed E-state index contributed by atoms with van der Waals surface area (Å²) in [7, 11) is 0. The van der Waals surface area contributed by atoms with Gasteiger partial charge in [-0.05, 0) is 35.7 Å². The van der Waals surface area contributed by atoms with Crippen molar-refractivity contribution in [3.63, 3.8) is 0 Å². The van der Waals surface area contributed by atoms with E-state index in [4.69, 9.17) is 11.6 Å². The third-order valence-corrected chi connectivity index (χ3v) is 1.71. The Bertz CT molecular complexity index is 309. The molecular formula is C9H8ClFO. The lowest BCUT2D eigenvalue weighted by molar-refractivity contribution is -0.111. The van der Waals surface area contributed by atoms with Crippen LogP contribution in [0.1, 0.15) is 11.1 Å². The Hall–Kier alpha value is -0.890. The molecule has 0 fully saturated rings. The van der Waals surface area contributed by atoms with E-state index >= 15 is 0 Å². The monoisotopic (exact) mass is 186 g/mol. The number of benzene rings is 1. The van der Waals surface area contributed by atoms with Gasteiger partial charge in [-0.3, -0.25) is 4.79 Å². The van der Waals surface area contributed by atoms with Gasteiger partial charge >= 0.3 is 0 Å². The normalized spacial score (nSPS) is 9.92. The Kier molecular flexibility index (Phi) is 2.82. The van der Waals surface area contributed by atoms with Crippen LogP contribution in [0.3, 0.4) is 0 Å². The molecule has 0 saturated carbocycles. The molecule has 0 aromatic heterocycles. The first-order valence-corrected chi connectivity index (χ1v) is 3.91. The fraction of sp³-hybridized carbons (Fsp3) is 0.222. The number of rotatable bonds is 2. The second-order valence-electron chi connectivity index (χ2n) is 2.62. The lowest BCUT2D eigenvalue weighted by Crippen LogP contribution is -1.94. The van der Waals surface area contributed by atoms with Crippen molar-refractivity contribution in [2.45, 2.75) is 13.3 Å². The molecule has 0 atom stereocenters. The molecule has 0 aliphatic carbocycles. The summed E-state index contributed by atoms with van der Waals surface area (Å²) < 4.78 is 12.9. The van der Waals surface area contributed by atoms with Crippen molar-refractivity contribution >= 4 is 16.8 Å². The predicted molar refractivity (Wildman–Crippen MR) is 45.7 cm³/mol. The number of halogens is 2. The number of carbonyl (C=O) groups is 1. The first-order chi connectivity index (χ1) is 5.59. The molecule has 0 aliphatic rings. The molecule has 0 bridgehead atoms. The van der Waals surface area contributed by atoms with Crippen LogP contribution >= 0.6 is 11.6 Å². The molecule has 1 nitrogen and oxygen atoms in total. The molecule has 0 heterocycles. The first-order valence-electron chi connectivity index (χ1n) is 3.53. The van der Waals surface area contributed by atoms with Crippen LogP contribution in [0, 0.1) is 12.7 Å². The molecule has 0 unspecified atom stereocenters. The van der Waals surface area contributed by atoms with E-state index in [-0.39, 0.29) is 12.2 Å². The van der Waals surface area contributed by atoms with Gasteiger partial charge in [-0.1, -0.05) is 12.1 Å². The summed E-state index contributed by atoms with van der Waals surface area (Å²) in [6.45, 7) is 1.67. The van der Waals surface area contributed by atoms with Gasteiger partial charge < -0.3 is 0 Å².